The Kier molecular flexibility index (Phi) is 2.11. The van der Waals surface area contributed by atoms with Crippen molar-refractivity contribution in [3.8, 4) is 0 Å². The van der Waals surface area contributed by atoms with Crippen LogP contribution in [0.5, 0.6) is 0 Å². The highest BCUT2D eigenvalue weighted by Crippen LogP contribution is 2.50. The quantitative estimate of drug-likeness (QED) is 0.286. The van der Waals surface area contributed by atoms with Crippen LogP contribution >= 0.6 is 34.8 Å². The van der Waals surface area contributed by atoms with Crippen LogP contribution in [0.15, 0.2) is 12.2 Å². The third-order valence-electron chi connectivity index (χ3n) is 2.39. The van der Waals surface area contributed by atoms with E-state index in [1.54, 1.807) is 0 Å². The van der Waals surface area contributed by atoms with Crippen molar-refractivity contribution in [1.82, 2.24) is 0 Å². The van der Waals surface area contributed by atoms with Crippen LogP contribution in [0, 0.1) is 0 Å². The number of cyclic esters (lactones) is 2. The van der Waals surface area contributed by atoms with Crippen molar-refractivity contribution in [2.75, 3.05) is 0 Å². The molecule has 76 valence electrons. The lowest BCUT2D eigenvalue weighted by Gasteiger charge is -2.32. The van der Waals surface area contributed by atoms with Crippen LogP contribution < -0.4 is 0 Å². The molecule has 2 aliphatic rings. The van der Waals surface area contributed by atoms with Crippen LogP contribution in [0.25, 0.3) is 0 Å². The van der Waals surface area contributed by atoms with Crippen LogP contribution in [-0.2, 0) is 14.3 Å². The number of carbonyl (C=O) groups is 2. The molecule has 0 amide bonds. The molecular weight excluding hydrogens is 250 g/mol. The third kappa shape index (κ3) is 1.06. The molecule has 3 atom stereocenters. The fourth-order valence-corrected chi connectivity index (χ4v) is 2.55. The number of carbonyl (C=O) groups excluding carboxylic acids is 2. The lowest BCUT2D eigenvalue weighted by atomic mass is 9.84. The predicted octanol–water partition coefficient (Wildman–Crippen LogP) is 1.59. The van der Waals surface area contributed by atoms with Gasteiger partial charge in [0.25, 0.3) is 0 Å². The lowest BCUT2D eigenvalue weighted by Crippen LogP contribution is -2.50. The van der Waals surface area contributed by atoms with Gasteiger partial charge in [-0.25, -0.2) is 9.59 Å². The summed E-state index contributed by atoms with van der Waals surface area (Å²) in [6.45, 7) is 0. The molecule has 3 nitrogen and oxygen atoms in total. The fourth-order valence-electron chi connectivity index (χ4n) is 1.56. The summed E-state index contributed by atoms with van der Waals surface area (Å²) in [5.41, 5.74) is 0. The minimum atomic E-state index is -1.60. The Balaban J connectivity index is 2.55. The average molecular weight is 255 g/mol. The molecule has 0 aromatic carbocycles. The number of ether oxygens (including phenoxy) is 1. The maximum absolute atomic E-state index is 11.3. The lowest BCUT2D eigenvalue weighted by molar-refractivity contribution is -0.153. The second-order valence-corrected chi connectivity index (χ2v) is 5.07. The van der Waals surface area contributed by atoms with E-state index in [4.69, 9.17) is 34.8 Å². The van der Waals surface area contributed by atoms with Gasteiger partial charge in [-0.05, 0) is 6.42 Å². The van der Waals surface area contributed by atoms with Crippen molar-refractivity contribution in [3.63, 3.8) is 0 Å². The predicted molar refractivity (Wildman–Crippen MR) is 51.7 cm³/mol. The Bertz CT molecular complexity index is 354. The molecule has 1 heterocycles. The largest absolute Gasteiger partial charge is 0.390 e. The summed E-state index contributed by atoms with van der Waals surface area (Å²) >= 11 is 17.7. The van der Waals surface area contributed by atoms with E-state index < -0.39 is 27.1 Å². The molecule has 0 saturated carbocycles. The second kappa shape index (κ2) is 2.87. The van der Waals surface area contributed by atoms with Crippen molar-refractivity contribution in [3.05, 3.63) is 12.2 Å². The van der Waals surface area contributed by atoms with Gasteiger partial charge in [0, 0.05) is 0 Å². The first-order chi connectivity index (χ1) is 6.40. The van der Waals surface area contributed by atoms with Gasteiger partial charge < -0.3 is 4.74 Å². The van der Waals surface area contributed by atoms with Crippen LogP contribution in [-0.4, -0.2) is 27.1 Å². The van der Waals surface area contributed by atoms with E-state index in [1.807, 2.05) is 0 Å². The highest BCUT2D eigenvalue weighted by Gasteiger charge is 2.68. The first kappa shape index (κ1) is 10.3. The maximum atomic E-state index is 11.3. The molecule has 0 spiro atoms. The fraction of sp³-hybridized carbons (Fsp3) is 0.500. The van der Waals surface area contributed by atoms with E-state index in [1.165, 1.54) is 12.2 Å². The van der Waals surface area contributed by atoms with Gasteiger partial charge >= 0.3 is 11.9 Å². The summed E-state index contributed by atoms with van der Waals surface area (Å²) in [7, 11) is 0. The zero-order chi connectivity index (χ0) is 10.6. The Morgan fingerprint density at radius 1 is 1.36 bits per heavy atom. The third-order valence-corrected chi connectivity index (χ3v) is 4.00. The summed E-state index contributed by atoms with van der Waals surface area (Å²) in [6.07, 6.45) is 2.95. The summed E-state index contributed by atoms with van der Waals surface area (Å²) in [5, 5.41) is -0.419. The molecule has 0 aromatic rings. The van der Waals surface area contributed by atoms with Gasteiger partial charge in [0.15, 0.2) is 9.75 Å². The molecule has 6 heteroatoms. The Hall–Kier alpha value is -0.250. The van der Waals surface area contributed by atoms with Gasteiger partial charge in [-0.1, -0.05) is 23.8 Å². The van der Waals surface area contributed by atoms with Gasteiger partial charge in [-0.2, -0.15) is 0 Å². The molecule has 0 aromatic heterocycles. The molecule has 1 aliphatic carbocycles. The topological polar surface area (TPSA) is 43.4 Å². The summed E-state index contributed by atoms with van der Waals surface area (Å²) in [6, 6.07) is 0. The second-order valence-electron chi connectivity index (χ2n) is 3.27. The van der Waals surface area contributed by atoms with Crippen molar-refractivity contribution in [2.24, 2.45) is 0 Å². The zero-order valence-corrected chi connectivity index (χ0v) is 9.07. The number of rotatable bonds is 0. The SMILES string of the molecule is O=C1OC(=O)C2(Cl)CC(Cl)C=CC12Cl. The molecule has 0 radical (unpaired) electrons. The molecule has 1 aliphatic heterocycles. The smallest absolute Gasteiger partial charge is 0.341 e. The van der Waals surface area contributed by atoms with Gasteiger partial charge in [-0.15, -0.1) is 23.2 Å². The van der Waals surface area contributed by atoms with Gasteiger partial charge in [0.05, 0.1) is 5.38 Å². The van der Waals surface area contributed by atoms with Crippen LogP contribution in [0.1, 0.15) is 6.42 Å². The van der Waals surface area contributed by atoms with Crippen molar-refractivity contribution in [1.29, 1.82) is 0 Å². The van der Waals surface area contributed by atoms with Crippen molar-refractivity contribution >= 4 is 46.7 Å². The van der Waals surface area contributed by atoms with Crippen molar-refractivity contribution < 1.29 is 14.3 Å². The summed E-state index contributed by atoms with van der Waals surface area (Å²) in [5.74, 6) is -1.66. The number of allylic oxidation sites excluding steroid dienone is 1. The van der Waals surface area contributed by atoms with Crippen LogP contribution in [0.4, 0.5) is 0 Å². The molecular formula is C8H5Cl3O3. The van der Waals surface area contributed by atoms with E-state index in [9.17, 15) is 9.59 Å². The number of halogens is 3. The molecule has 0 N–H and O–H groups in total. The minimum absolute atomic E-state index is 0.0840. The number of hydrogen-bond acceptors (Lipinski definition) is 3. The van der Waals surface area contributed by atoms with E-state index in [-0.39, 0.29) is 6.42 Å². The Morgan fingerprint density at radius 3 is 2.64 bits per heavy atom. The molecule has 0 bridgehead atoms. The summed E-state index contributed by atoms with van der Waals surface area (Å²) in [4.78, 5) is 19.5. The normalized spacial score (nSPS) is 46.4. The maximum Gasteiger partial charge on any atom is 0.341 e. The van der Waals surface area contributed by atoms with E-state index in [0.29, 0.717) is 0 Å². The van der Waals surface area contributed by atoms with E-state index in [0.717, 1.165) is 0 Å². The standard InChI is InChI=1S/C8H5Cl3O3/c9-4-1-2-7(10)5(12)14-6(13)8(7,11)3-4/h1-2,4H,3H2. The van der Waals surface area contributed by atoms with Crippen LogP contribution in [0.3, 0.4) is 0 Å². The van der Waals surface area contributed by atoms with E-state index in [2.05, 4.69) is 4.74 Å². The number of alkyl halides is 3. The molecule has 1 saturated heterocycles. The number of esters is 2. The summed E-state index contributed by atoms with van der Waals surface area (Å²) < 4.78 is 4.41. The number of hydrogen-bond donors (Lipinski definition) is 0. The molecule has 2 rings (SSSR count). The van der Waals surface area contributed by atoms with Gasteiger partial charge in [0.2, 0.25) is 0 Å². The monoisotopic (exact) mass is 254 g/mol. The molecule has 14 heavy (non-hydrogen) atoms. The highest BCUT2D eigenvalue weighted by atomic mass is 35.5. The number of fused-ring (bicyclic) bond motifs is 1. The highest BCUT2D eigenvalue weighted by molar-refractivity contribution is 6.52. The first-order valence-electron chi connectivity index (χ1n) is 3.88. The first-order valence-corrected chi connectivity index (χ1v) is 5.07. The van der Waals surface area contributed by atoms with Crippen LogP contribution in [0.2, 0.25) is 0 Å². The zero-order valence-electron chi connectivity index (χ0n) is 6.80. The van der Waals surface area contributed by atoms with Crippen molar-refractivity contribution in [2.45, 2.75) is 21.5 Å². The molecule has 1 fully saturated rings. The van der Waals surface area contributed by atoms with Gasteiger partial charge in [-0.3, -0.25) is 0 Å². The molecule has 3 unspecified atom stereocenters. The average Bonchev–Trinajstić information content (AvgIpc) is 2.26. The Labute approximate surface area is 94.9 Å². The Morgan fingerprint density at radius 2 is 2.00 bits per heavy atom. The van der Waals surface area contributed by atoms with Gasteiger partial charge in [0.1, 0.15) is 0 Å². The minimum Gasteiger partial charge on any atom is -0.390 e. The van der Waals surface area contributed by atoms with E-state index >= 15 is 0 Å².